The lowest BCUT2D eigenvalue weighted by molar-refractivity contribution is 0.560. The summed E-state index contributed by atoms with van der Waals surface area (Å²) in [5.41, 5.74) is 2.70. The maximum atomic E-state index is 12.3. The van der Waals surface area contributed by atoms with Crippen LogP contribution in [-0.4, -0.2) is 22.4 Å². The summed E-state index contributed by atoms with van der Waals surface area (Å²) in [5.74, 6) is 0. The Morgan fingerprint density at radius 3 is 2.62 bits per heavy atom. The van der Waals surface area contributed by atoms with Gasteiger partial charge in [-0.1, -0.05) is 0 Å². The minimum Gasteiger partial charge on any atom is -0.307 e. The molecule has 1 N–H and O–H groups in total. The third kappa shape index (κ3) is 1.14. The van der Waals surface area contributed by atoms with Crippen LogP contribution in [0.3, 0.4) is 0 Å². The van der Waals surface area contributed by atoms with E-state index in [1.165, 1.54) is 4.09 Å². The first-order chi connectivity index (χ1) is 7.46. The normalized spacial score (nSPS) is 22.1. The van der Waals surface area contributed by atoms with E-state index in [-0.39, 0.29) is 0 Å². The van der Waals surface area contributed by atoms with E-state index in [4.69, 9.17) is 0 Å². The summed E-state index contributed by atoms with van der Waals surface area (Å²) in [4.78, 5) is 0. The van der Waals surface area contributed by atoms with Gasteiger partial charge in [0.2, 0.25) is 0 Å². The van der Waals surface area contributed by atoms with Crippen LogP contribution in [0.1, 0.15) is 36.7 Å². The van der Waals surface area contributed by atoms with Crippen molar-refractivity contribution in [3.8, 4) is 0 Å². The van der Waals surface area contributed by atoms with Gasteiger partial charge in [0.1, 0.15) is 0 Å². The lowest BCUT2D eigenvalue weighted by Gasteiger charge is -2.12. The number of nitrogens with one attached hydrogen (secondary N) is 1. The smallest absolute Gasteiger partial charge is 0.259 e. The zero-order valence-electron chi connectivity index (χ0n) is 9.45. The van der Waals surface area contributed by atoms with Gasteiger partial charge in [0.25, 0.3) is 10.0 Å². The van der Waals surface area contributed by atoms with E-state index in [2.05, 4.69) is 10.4 Å². The Hall–Kier alpha value is -0.880. The second-order valence-corrected chi connectivity index (χ2v) is 7.19. The van der Waals surface area contributed by atoms with Crippen LogP contribution < -0.4 is 5.32 Å². The van der Waals surface area contributed by atoms with Crippen LogP contribution in [0.5, 0.6) is 0 Å². The first-order valence-corrected chi connectivity index (χ1v) is 6.93. The molecule has 0 bridgehead atoms. The predicted octanol–water partition coefficient (Wildman–Crippen LogP) is 0.525. The maximum Gasteiger partial charge on any atom is 0.259 e. The Morgan fingerprint density at radius 1 is 1.38 bits per heavy atom. The zero-order valence-corrected chi connectivity index (χ0v) is 10.3. The molecule has 0 saturated heterocycles. The minimum atomic E-state index is -3.30. The van der Waals surface area contributed by atoms with Crippen LogP contribution in [0.2, 0.25) is 0 Å². The number of hydrogen-bond acceptors (Lipinski definition) is 4. The van der Waals surface area contributed by atoms with E-state index >= 15 is 0 Å². The largest absolute Gasteiger partial charge is 0.307 e. The van der Waals surface area contributed by atoms with Crippen LogP contribution in [-0.2, 0) is 23.1 Å². The van der Waals surface area contributed by atoms with Crippen molar-refractivity contribution in [2.45, 2.75) is 44.5 Å². The fraction of sp³-hybridized carbons (Fsp3) is 0.700. The van der Waals surface area contributed by atoms with Crippen molar-refractivity contribution < 1.29 is 8.42 Å². The fourth-order valence-electron chi connectivity index (χ4n) is 2.12. The number of aromatic nitrogens is 2. The Bertz CT molecular complexity index is 555. The Morgan fingerprint density at radius 2 is 2.06 bits per heavy atom. The average Bonchev–Trinajstić information content (AvgIpc) is 2.74. The summed E-state index contributed by atoms with van der Waals surface area (Å²) in [6.45, 7) is 5.04. The molecule has 1 aliphatic carbocycles. The molecule has 1 aromatic heterocycles. The molecule has 0 atom stereocenters. The molecule has 0 spiro atoms. The molecular formula is C10H15N3O2S. The van der Waals surface area contributed by atoms with Gasteiger partial charge in [-0.05, 0) is 26.7 Å². The molecule has 6 heteroatoms. The lowest BCUT2D eigenvalue weighted by atomic mass is 10.2. The summed E-state index contributed by atoms with van der Waals surface area (Å²) in [6, 6.07) is 0. The number of nitrogens with zero attached hydrogens (tertiary/aromatic N) is 2. The molecule has 1 aliphatic heterocycles. The van der Waals surface area contributed by atoms with Gasteiger partial charge in [0.05, 0.1) is 16.1 Å². The van der Waals surface area contributed by atoms with Crippen LogP contribution in [0.4, 0.5) is 0 Å². The molecule has 2 aliphatic rings. The molecule has 3 rings (SSSR count). The van der Waals surface area contributed by atoms with E-state index in [0.717, 1.165) is 36.3 Å². The van der Waals surface area contributed by atoms with Gasteiger partial charge < -0.3 is 5.32 Å². The Balaban J connectivity index is 2.15. The summed E-state index contributed by atoms with van der Waals surface area (Å²) in [7, 11) is -3.30. The molecule has 1 fully saturated rings. The van der Waals surface area contributed by atoms with Crippen molar-refractivity contribution in [3.05, 3.63) is 17.0 Å². The zero-order chi connectivity index (χ0) is 11.6. The van der Waals surface area contributed by atoms with Crippen molar-refractivity contribution in [1.29, 1.82) is 0 Å². The van der Waals surface area contributed by atoms with Gasteiger partial charge in [-0.25, -0.2) is 8.42 Å². The van der Waals surface area contributed by atoms with Gasteiger partial charge in [-0.2, -0.15) is 9.19 Å². The lowest BCUT2D eigenvalue weighted by Crippen LogP contribution is -2.29. The highest BCUT2D eigenvalue weighted by molar-refractivity contribution is 7.91. The second-order valence-electron chi connectivity index (χ2n) is 4.91. The molecule has 1 saturated carbocycles. The maximum absolute atomic E-state index is 12.3. The molecule has 0 amide bonds. The SMILES string of the molecule is Cc1c2c(nn1S(=O)(=O)C1(C)CC1)CNC2. The minimum absolute atomic E-state index is 0.578. The van der Waals surface area contributed by atoms with Crippen LogP contribution >= 0.6 is 0 Å². The molecule has 2 heterocycles. The van der Waals surface area contributed by atoms with E-state index in [1.807, 2.05) is 6.92 Å². The molecule has 16 heavy (non-hydrogen) atoms. The highest BCUT2D eigenvalue weighted by atomic mass is 32.2. The molecule has 0 unspecified atom stereocenters. The molecule has 5 nitrogen and oxygen atoms in total. The predicted molar refractivity (Wildman–Crippen MR) is 59.5 cm³/mol. The van der Waals surface area contributed by atoms with Crippen molar-refractivity contribution in [2.75, 3.05) is 0 Å². The van der Waals surface area contributed by atoms with E-state index in [0.29, 0.717) is 6.54 Å². The van der Waals surface area contributed by atoms with E-state index in [1.54, 1.807) is 6.92 Å². The summed E-state index contributed by atoms with van der Waals surface area (Å²) < 4.78 is 25.3. The molecular weight excluding hydrogens is 226 g/mol. The van der Waals surface area contributed by atoms with Gasteiger partial charge in [0.15, 0.2) is 0 Å². The average molecular weight is 241 g/mol. The molecule has 0 radical (unpaired) electrons. The van der Waals surface area contributed by atoms with Crippen LogP contribution in [0, 0.1) is 6.92 Å². The topological polar surface area (TPSA) is 64.0 Å². The standard InChI is InChI=1S/C10H15N3O2S/c1-7-8-5-11-6-9(8)12-13(7)16(14,15)10(2)3-4-10/h11H,3-6H2,1-2H3. The van der Waals surface area contributed by atoms with Crippen LogP contribution in [0.15, 0.2) is 0 Å². The number of fused-ring (bicyclic) bond motifs is 1. The van der Waals surface area contributed by atoms with Crippen molar-refractivity contribution in [1.82, 2.24) is 14.5 Å². The summed E-state index contributed by atoms with van der Waals surface area (Å²) in [5, 5.41) is 7.41. The van der Waals surface area contributed by atoms with Crippen molar-refractivity contribution >= 4 is 10.0 Å². The molecule has 1 aromatic rings. The quantitative estimate of drug-likeness (QED) is 0.820. The highest BCUT2D eigenvalue weighted by Gasteiger charge is 2.52. The summed E-state index contributed by atoms with van der Waals surface area (Å²) >= 11 is 0. The fourth-order valence-corrected chi connectivity index (χ4v) is 3.84. The number of rotatable bonds is 2. The Kier molecular flexibility index (Phi) is 1.84. The van der Waals surface area contributed by atoms with E-state index < -0.39 is 14.8 Å². The molecule has 88 valence electrons. The van der Waals surface area contributed by atoms with Gasteiger partial charge in [0, 0.05) is 18.7 Å². The first-order valence-electron chi connectivity index (χ1n) is 5.49. The third-order valence-corrected chi connectivity index (χ3v) is 6.15. The van der Waals surface area contributed by atoms with Gasteiger partial charge in [-0.15, -0.1) is 0 Å². The third-order valence-electron chi connectivity index (χ3n) is 3.68. The van der Waals surface area contributed by atoms with Gasteiger partial charge >= 0.3 is 0 Å². The van der Waals surface area contributed by atoms with Gasteiger partial charge in [-0.3, -0.25) is 0 Å². The van der Waals surface area contributed by atoms with Crippen molar-refractivity contribution in [2.24, 2.45) is 0 Å². The second kappa shape index (κ2) is 2.87. The van der Waals surface area contributed by atoms with Crippen molar-refractivity contribution in [3.63, 3.8) is 0 Å². The molecule has 0 aromatic carbocycles. The number of hydrogen-bond donors (Lipinski definition) is 1. The first kappa shape index (κ1) is 10.3. The monoisotopic (exact) mass is 241 g/mol. The highest BCUT2D eigenvalue weighted by Crippen LogP contribution is 2.44. The van der Waals surface area contributed by atoms with E-state index in [9.17, 15) is 8.42 Å². The van der Waals surface area contributed by atoms with Crippen LogP contribution in [0.25, 0.3) is 0 Å². The summed E-state index contributed by atoms with van der Waals surface area (Å²) in [6.07, 6.45) is 1.50. The Labute approximate surface area is 94.9 Å².